The Morgan fingerprint density at radius 3 is 2.39 bits per heavy atom. The predicted octanol–water partition coefficient (Wildman–Crippen LogP) is 4.26. The van der Waals surface area contributed by atoms with Crippen LogP contribution in [0, 0.1) is 5.41 Å². The molecule has 0 spiro atoms. The summed E-state index contributed by atoms with van der Waals surface area (Å²) in [6, 6.07) is 0. The van der Waals surface area contributed by atoms with Crippen LogP contribution in [0.2, 0.25) is 18.1 Å². The molecule has 0 N–H and O–H groups in total. The van der Waals surface area contributed by atoms with Crippen LogP contribution in [0.1, 0.15) is 53.9 Å². The summed E-state index contributed by atoms with van der Waals surface area (Å²) in [5, 5.41) is 0.218. The van der Waals surface area contributed by atoms with Crippen molar-refractivity contribution in [1.29, 1.82) is 0 Å². The van der Waals surface area contributed by atoms with Gasteiger partial charge in [0.25, 0.3) is 0 Å². The largest absolute Gasteiger partial charge is 0.465 e. The molecule has 5 heteroatoms. The van der Waals surface area contributed by atoms with Gasteiger partial charge in [0, 0.05) is 6.61 Å². The summed E-state index contributed by atoms with van der Waals surface area (Å²) in [7, 11) is -1.69. The van der Waals surface area contributed by atoms with Crippen LogP contribution in [-0.2, 0) is 18.8 Å². The zero-order valence-corrected chi connectivity index (χ0v) is 16.7. The first kappa shape index (κ1) is 20.1. The summed E-state index contributed by atoms with van der Waals surface area (Å²) in [6.45, 7) is 15.4. The lowest BCUT2D eigenvalue weighted by Crippen LogP contribution is -2.40. The molecule has 0 amide bonds. The van der Waals surface area contributed by atoms with Gasteiger partial charge < -0.3 is 9.16 Å². The van der Waals surface area contributed by atoms with E-state index in [9.17, 15) is 9.59 Å². The molecule has 0 aliphatic heterocycles. The second-order valence-corrected chi connectivity index (χ2v) is 12.6. The SMILES string of the molecule is CCOC(=O)C1(C(C)=O)C/C1=C\CCCO[Si](C)(C)C(C)(C)C. The summed E-state index contributed by atoms with van der Waals surface area (Å²) in [6.07, 6.45) is 4.28. The van der Waals surface area contributed by atoms with Crippen LogP contribution < -0.4 is 0 Å². The minimum absolute atomic E-state index is 0.111. The third kappa shape index (κ3) is 4.54. The van der Waals surface area contributed by atoms with Crippen molar-refractivity contribution in [3.63, 3.8) is 0 Å². The van der Waals surface area contributed by atoms with Crippen LogP contribution in [0.4, 0.5) is 0 Å². The molecule has 23 heavy (non-hydrogen) atoms. The fourth-order valence-corrected chi connectivity index (χ4v) is 3.43. The van der Waals surface area contributed by atoms with Gasteiger partial charge in [-0.3, -0.25) is 9.59 Å². The molecule has 1 saturated carbocycles. The highest BCUT2D eigenvalue weighted by Crippen LogP contribution is 2.54. The third-order valence-corrected chi connectivity index (χ3v) is 9.65. The quantitative estimate of drug-likeness (QED) is 0.218. The molecule has 1 aliphatic rings. The van der Waals surface area contributed by atoms with Gasteiger partial charge in [0.15, 0.2) is 19.5 Å². The summed E-state index contributed by atoms with van der Waals surface area (Å²) in [5.74, 6) is -0.504. The molecule has 0 aromatic rings. The minimum Gasteiger partial charge on any atom is -0.465 e. The van der Waals surface area contributed by atoms with Gasteiger partial charge in [-0.1, -0.05) is 26.8 Å². The molecule has 1 fully saturated rings. The summed E-state index contributed by atoms with van der Waals surface area (Å²) in [4.78, 5) is 23.8. The fourth-order valence-electron chi connectivity index (χ4n) is 2.34. The molecule has 4 nitrogen and oxygen atoms in total. The van der Waals surface area contributed by atoms with Crippen molar-refractivity contribution in [1.82, 2.24) is 0 Å². The van der Waals surface area contributed by atoms with Crippen molar-refractivity contribution in [2.45, 2.75) is 72.0 Å². The Balaban J connectivity index is 2.48. The van der Waals surface area contributed by atoms with Crippen molar-refractivity contribution in [3.8, 4) is 0 Å². The zero-order chi connectivity index (χ0) is 17.9. The number of allylic oxidation sites excluding steroid dienone is 1. The van der Waals surface area contributed by atoms with Gasteiger partial charge in [0.2, 0.25) is 0 Å². The number of hydrogen-bond acceptors (Lipinski definition) is 4. The Hall–Kier alpha value is -0.943. The van der Waals surface area contributed by atoms with Gasteiger partial charge >= 0.3 is 5.97 Å². The van der Waals surface area contributed by atoms with E-state index in [0.29, 0.717) is 13.0 Å². The lowest BCUT2D eigenvalue weighted by molar-refractivity contribution is -0.152. The summed E-state index contributed by atoms with van der Waals surface area (Å²) in [5.41, 5.74) is -0.0631. The molecule has 0 aromatic carbocycles. The number of carbonyl (C=O) groups excluding carboxylic acids is 2. The van der Waals surface area contributed by atoms with E-state index in [2.05, 4.69) is 33.9 Å². The number of Topliss-reactive ketones (excluding diaryl/α,β-unsaturated/α-hetero) is 1. The molecular formula is C18H32O4Si. The smallest absolute Gasteiger partial charge is 0.324 e. The molecule has 1 atom stereocenters. The van der Waals surface area contributed by atoms with E-state index in [4.69, 9.17) is 9.16 Å². The van der Waals surface area contributed by atoms with Gasteiger partial charge in [-0.15, -0.1) is 0 Å². The first-order valence-electron chi connectivity index (χ1n) is 8.50. The van der Waals surface area contributed by atoms with Crippen LogP contribution in [0.25, 0.3) is 0 Å². The summed E-state index contributed by atoms with van der Waals surface area (Å²) < 4.78 is 11.2. The van der Waals surface area contributed by atoms with Gasteiger partial charge in [-0.2, -0.15) is 0 Å². The van der Waals surface area contributed by atoms with E-state index in [0.717, 1.165) is 25.0 Å². The fraction of sp³-hybridized carbons (Fsp3) is 0.778. The second-order valence-electron chi connectivity index (χ2n) is 7.84. The molecule has 1 aliphatic carbocycles. The predicted molar refractivity (Wildman–Crippen MR) is 94.8 cm³/mol. The van der Waals surface area contributed by atoms with Crippen LogP contribution in [0.5, 0.6) is 0 Å². The van der Waals surface area contributed by atoms with Crippen LogP contribution in [0.15, 0.2) is 11.6 Å². The lowest BCUT2D eigenvalue weighted by Gasteiger charge is -2.36. The Morgan fingerprint density at radius 1 is 1.30 bits per heavy atom. The van der Waals surface area contributed by atoms with Gasteiger partial charge in [0.05, 0.1) is 6.61 Å². The standard InChI is InChI=1S/C18H32O4Si/c1-8-21-16(20)18(14(2)19)13-15(18)11-9-10-12-22-23(6,7)17(3,4)5/h11H,8-10,12-13H2,1-7H3/b15-11+. The van der Waals surface area contributed by atoms with E-state index >= 15 is 0 Å². The highest BCUT2D eigenvalue weighted by atomic mass is 28.4. The normalized spacial score (nSPS) is 23.0. The molecular weight excluding hydrogens is 308 g/mol. The molecule has 0 saturated heterocycles. The van der Waals surface area contributed by atoms with Crippen LogP contribution >= 0.6 is 0 Å². The maximum atomic E-state index is 12.0. The third-order valence-electron chi connectivity index (χ3n) is 5.11. The molecule has 132 valence electrons. The number of ketones is 1. The minimum atomic E-state index is -1.69. The molecule has 1 rings (SSSR count). The molecule has 0 radical (unpaired) electrons. The monoisotopic (exact) mass is 340 g/mol. The van der Waals surface area contributed by atoms with Crippen LogP contribution in [-0.4, -0.2) is 33.3 Å². The maximum Gasteiger partial charge on any atom is 0.324 e. The first-order valence-corrected chi connectivity index (χ1v) is 11.4. The van der Waals surface area contributed by atoms with E-state index < -0.39 is 19.7 Å². The van der Waals surface area contributed by atoms with Crippen molar-refractivity contribution >= 4 is 20.1 Å². The van der Waals surface area contributed by atoms with Crippen molar-refractivity contribution in [2.75, 3.05) is 13.2 Å². The van der Waals surface area contributed by atoms with E-state index in [1.807, 2.05) is 6.08 Å². The number of unbranched alkanes of at least 4 members (excludes halogenated alkanes) is 1. The van der Waals surface area contributed by atoms with E-state index in [1.54, 1.807) is 6.92 Å². The number of carbonyl (C=O) groups is 2. The number of ether oxygens (including phenoxy) is 1. The number of esters is 1. The first-order chi connectivity index (χ1) is 10.5. The Kier molecular flexibility index (Phi) is 6.38. The lowest BCUT2D eigenvalue weighted by atomic mass is 10.0. The van der Waals surface area contributed by atoms with Gasteiger partial charge in [-0.05, 0) is 56.8 Å². The van der Waals surface area contributed by atoms with Crippen molar-refractivity contribution in [2.24, 2.45) is 5.41 Å². The van der Waals surface area contributed by atoms with Crippen molar-refractivity contribution < 1.29 is 18.8 Å². The Bertz CT molecular complexity index is 488. The Morgan fingerprint density at radius 2 is 1.91 bits per heavy atom. The highest BCUT2D eigenvalue weighted by molar-refractivity contribution is 6.74. The molecule has 0 heterocycles. The molecule has 1 unspecified atom stereocenters. The molecule has 0 aromatic heterocycles. The van der Waals surface area contributed by atoms with Gasteiger partial charge in [0.1, 0.15) is 0 Å². The van der Waals surface area contributed by atoms with Gasteiger partial charge in [-0.25, -0.2) is 0 Å². The number of rotatable bonds is 8. The topological polar surface area (TPSA) is 52.6 Å². The summed E-state index contributed by atoms with van der Waals surface area (Å²) >= 11 is 0. The average molecular weight is 341 g/mol. The second kappa shape index (κ2) is 7.30. The average Bonchev–Trinajstić information content (AvgIpc) is 3.13. The highest BCUT2D eigenvalue weighted by Gasteiger charge is 2.60. The number of hydrogen-bond donors (Lipinski definition) is 0. The van der Waals surface area contributed by atoms with E-state index in [-0.39, 0.29) is 10.8 Å². The van der Waals surface area contributed by atoms with Crippen LogP contribution in [0.3, 0.4) is 0 Å². The van der Waals surface area contributed by atoms with Crippen molar-refractivity contribution in [3.05, 3.63) is 11.6 Å². The zero-order valence-electron chi connectivity index (χ0n) is 15.7. The maximum absolute atomic E-state index is 12.0. The van der Waals surface area contributed by atoms with E-state index in [1.165, 1.54) is 6.92 Å². The molecule has 0 bridgehead atoms. The Labute approximate surface area is 141 Å².